The number of hydrogen-bond acceptors (Lipinski definition) is 4. The summed E-state index contributed by atoms with van der Waals surface area (Å²) in [5, 5.41) is 6.69. The molecule has 0 radical (unpaired) electrons. The molecule has 4 rings (SSSR count). The molecule has 100 valence electrons. The maximum atomic E-state index is 12.6. The summed E-state index contributed by atoms with van der Waals surface area (Å²) in [5.41, 5.74) is 3.82. The Balaban J connectivity index is 2.08. The largest absolute Gasteiger partial charge is 0.288 e. The van der Waals surface area contributed by atoms with Crippen molar-refractivity contribution in [3.63, 3.8) is 0 Å². The first-order valence-electron chi connectivity index (χ1n) is 6.51. The molecule has 1 aromatic heterocycles. The third kappa shape index (κ3) is 1.87. The van der Waals surface area contributed by atoms with E-state index in [9.17, 15) is 4.79 Å². The maximum Gasteiger partial charge on any atom is 0.198 e. The minimum absolute atomic E-state index is 0.0999. The topological polar surface area (TPSA) is 71.5 Å². The van der Waals surface area contributed by atoms with E-state index in [0.717, 1.165) is 11.0 Å². The van der Waals surface area contributed by atoms with E-state index in [1.54, 1.807) is 24.5 Å². The van der Waals surface area contributed by atoms with E-state index in [1.807, 2.05) is 30.3 Å². The van der Waals surface area contributed by atoms with Crippen LogP contribution >= 0.6 is 0 Å². The first kappa shape index (κ1) is 11.7. The molecular weight excluding hydrogens is 264 g/mol. The molecule has 0 bridgehead atoms. The number of aromatic amines is 1. The molecule has 0 spiro atoms. The summed E-state index contributed by atoms with van der Waals surface area (Å²) in [6, 6.07) is 12.9. The van der Waals surface area contributed by atoms with Crippen molar-refractivity contribution >= 4 is 11.0 Å². The van der Waals surface area contributed by atoms with E-state index in [0.29, 0.717) is 22.5 Å². The highest BCUT2D eigenvalue weighted by atomic mass is 16.1. The second-order valence-corrected chi connectivity index (χ2v) is 4.70. The van der Waals surface area contributed by atoms with E-state index >= 15 is 0 Å². The Bertz CT molecular complexity index is 963. The van der Waals surface area contributed by atoms with Gasteiger partial charge in [0.05, 0.1) is 28.0 Å². The zero-order valence-electron chi connectivity index (χ0n) is 10.9. The van der Waals surface area contributed by atoms with Gasteiger partial charge in [-0.25, -0.2) is 4.98 Å². The third-order valence-electron chi connectivity index (χ3n) is 3.42. The summed E-state index contributed by atoms with van der Waals surface area (Å²) in [6.45, 7) is 0. The van der Waals surface area contributed by atoms with Crippen LogP contribution in [0.5, 0.6) is 0 Å². The molecule has 21 heavy (non-hydrogen) atoms. The fourth-order valence-corrected chi connectivity index (χ4v) is 2.36. The highest BCUT2D eigenvalue weighted by molar-refractivity contribution is 5.78. The maximum absolute atomic E-state index is 12.6. The molecule has 5 heteroatoms. The van der Waals surface area contributed by atoms with Crippen molar-refractivity contribution in [1.29, 1.82) is 0 Å². The molecule has 2 heterocycles. The molecule has 2 aliphatic rings. The van der Waals surface area contributed by atoms with Crippen LogP contribution in [0, 0.1) is 0 Å². The summed E-state index contributed by atoms with van der Waals surface area (Å²) < 4.78 is 0. The van der Waals surface area contributed by atoms with Gasteiger partial charge >= 0.3 is 0 Å². The van der Waals surface area contributed by atoms with Gasteiger partial charge < -0.3 is 0 Å². The first-order valence-corrected chi connectivity index (χ1v) is 6.51. The first-order chi connectivity index (χ1) is 10.3. The molecule has 1 N–H and O–H groups in total. The number of hydrogen-bond donors (Lipinski definition) is 1. The van der Waals surface area contributed by atoms with Crippen LogP contribution in [0.2, 0.25) is 0 Å². The van der Waals surface area contributed by atoms with E-state index in [1.165, 1.54) is 0 Å². The molecule has 0 saturated heterocycles. The fraction of sp³-hybridized carbons (Fsp3) is 0. The normalized spacial score (nSPS) is 11.0. The molecule has 1 aromatic carbocycles. The lowest BCUT2D eigenvalue weighted by Gasteiger charge is -2.01. The average Bonchev–Trinajstić information content (AvgIpc) is 2.95. The molecule has 2 aromatic rings. The SMILES string of the molecule is O=c1c2cnc3ccccc3nc-2ccc1-c1ccn[nH]1. The lowest BCUT2D eigenvalue weighted by molar-refractivity contribution is 1.09. The lowest BCUT2D eigenvalue weighted by atomic mass is 10.0. The van der Waals surface area contributed by atoms with Crippen LogP contribution in [-0.4, -0.2) is 20.2 Å². The predicted molar refractivity (Wildman–Crippen MR) is 80.0 cm³/mol. The van der Waals surface area contributed by atoms with Crippen molar-refractivity contribution in [2.24, 2.45) is 0 Å². The van der Waals surface area contributed by atoms with Crippen LogP contribution in [0.15, 0.2) is 59.7 Å². The number of H-pyrrole nitrogens is 1. The minimum atomic E-state index is -0.0999. The Morgan fingerprint density at radius 3 is 2.57 bits per heavy atom. The number of nitrogens with one attached hydrogen (secondary N) is 1. The molecule has 0 fully saturated rings. The van der Waals surface area contributed by atoms with Crippen molar-refractivity contribution < 1.29 is 0 Å². The fourth-order valence-electron chi connectivity index (χ4n) is 2.36. The van der Waals surface area contributed by atoms with Crippen LogP contribution in [-0.2, 0) is 0 Å². The van der Waals surface area contributed by atoms with Crippen molar-refractivity contribution in [2.45, 2.75) is 0 Å². The predicted octanol–water partition coefficient (Wildman–Crippen LogP) is 2.48. The molecule has 5 nitrogen and oxygen atoms in total. The highest BCUT2D eigenvalue weighted by Crippen LogP contribution is 2.21. The summed E-state index contributed by atoms with van der Waals surface area (Å²) in [6.07, 6.45) is 3.21. The molecule has 0 saturated carbocycles. The van der Waals surface area contributed by atoms with Crippen molar-refractivity contribution in [2.75, 3.05) is 0 Å². The van der Waals surface area contributed by atoms with Crippen LogP contribution < -0.4 is 5.43 Å². The molecular formula is C16H10N4O. The van der Waals surface area contributed by atoms with Gasteiger partial charge in [-0.15, -0.1) is 0 Å². The van der Waals surface area contributed by atoms with Gasteiger partial charge in [0, 0.05) is 18.0 Å². The van der Waals surface area contributed by atoms with E-state index in [4.69, 9.17) is 0 Å². The van der Waals surface area contributed by atoms with Crippen molar-refractivity contribution in [3.8, 4) is 22.5 Å². The number of para-hydroxylation sites is 2. The van der Waals surface area contributed by atoms with Crippen LogP contribution in [0.25, 0.3) is 33.5 Å². The van der Waals surface area contributed by atoms with Gasteiger partial charge in [0.15, 0.2) is 5.43 Å². The van der Waals surface area contributed by atoms with Crippen LogP contribution in [0.1, 0.15) is 0 Å². The summed E-state index contributed by atoms with van der Waals surface area (Å²) in [7, 11) is 0. The van der Waals surface area contributed by atoms with E-state index in [-0.39, 0.29) is 5.43 Å². The summed E-state index contributed by atoms with van der Waals surface area (Å²) >= 11 is 0. The molecule has 0 unspecified atom stereocenters. The average molecular weight is 274 g/mol. The van der Waals surface area contributed by atoms with Gasteiger partial charge in [-0.05, 0) is 30.3 Å². The zero-order chi connectivity index (χ0) is 14.2. The Morgan fingerprint density at radius 1 is 0.905 bits per heavy atom. The molecule has 1 aliphatic carbocycles. The molecule has 0 atom stereocenters. The van der Waals surface area contributed by atoms with Gasteiger partial charge in [0.2, 0.25) is 0 Å². The monoisotopic (exact) mass is 274 g/mol. The quantitative estimate of drug-likeness (QED) is 0.579. The number of nitrogens with zero attached hydrogens (tertiary/aromatic N) is 3. The zero-order valence-corrected chi connectivity index (χ0v) is 10.9. The second kappa shape index (κ2) is 4.49. The van der Waals surface area contributed by atoms with Crippen LogP contribution in [0.4, 0.5) is 0 Å². The van der Waals surface area contributed by atoms with Gasteiger partial charge in [-0.3, -0.25) is 14.9 Å². The summed E-state index contributed by atoms with van der Waals surface area (Å²) in [4.78, 5) is 21.5. The third-order valence-corrected chi connectivity index (χ3v) is 3.42. The highest BCUT2D eigenvalue weighted by Gasteiger charge is 2.13. The second-order valence-electron chi connectivity index (χ2n) is 4.70. The number of aromatic nitrogens is 4. The van der Waals surface area contributed by atoms with Gasteiger partial charge in [-0.1, -0.05) is 12.1 Å². The molecule has 1 aliphatic heterocycles. The van der Waals surface area contributed by atoms with E-state index in [2.05, 4.69) is 20.2 Å². The minimum Gasteiger partial charge on any atom is -0.288 e. The van der Waals surface area contributed by atoms with Crippen molar-refractivity contribution in [1.82, 2.24) is 20.2 Å². The van der Waals surface area contributed by atoms with E-state index < -0.39 is 0 Å². The van der Waals surface area contributed by atoms with Gasteiger partial charge in [0.25, 0.3) is 0 Å². The van der Waals surface area contributed by atoms with Gasteiger partial charge in [0.1, 0.15) is 0 Å². The standard InChI is InChI=1S/C16H10N4O/c21-16-10(13-7-8-18-20-13)5-6-12-11(16)9-17-14-3-1-2-4-15(14)19-12/h1-9H,(H,18,20). The number of benzene rings is 2. The smallest absolute Gasteiger partial charge is 0.198 e. The number of rotatable bonds is 1. The van der Waals surface area contributed by atoms with Crippen LogP contribution in [0.3, 0.4) is 0 Å². The summed E-state index contributed by atoms with van der Waals surface area (Å²) in [5.74, 6) is 0. The number of fused-ring (bicyclic) bond motifs is 2. The Labute approximate surface area is 119 Å². The van der Waals surface area contributed by atoms with Gasteiger partial charge in [-0.2, -0.15) is 5.10 Å². The Kier molecular flexibility index (Phi) is 2.50. The van der Waals surface area contributed by atoms with Crippen molar-refractivity contribution in [3.05, 3.63) is 65.1 Å². The Hall–Kier alpha value is -3.08. The Morgan fingerprint density at radius 2 is 1.76 bits per heavy atom. The molecule has 0 amide bonds. The lowest BCUT2D eigenvalue weighted by Crippen LogP contribution is -2.08.